The van der Waals surface area contributed by atoms with Gasteiger partial charge >= 0.3 is 0 Å². The largest absolute Gasteiger partial charge is 0.368 e. The number of benzene rings is 2. The SMILES string of the molecule is Cc1c(C)c(-c2ccc(NC(C)C)nc2)c(Cl)c(C)c1-c1ccc(CC(C)C)c(F)c1. The number of rotatable bonds is 6. The van der Waals surface area contributed by atoms with E-state index in [9.17, 15) is 4.39 Å². The molecule has 4 heteroatoms. The predicted octanol–water partition coefficient (Wildman–Crippen LogP) is 8.15. The molecule has 1 N–H and O–H groups in total. The first-order valence-corrected chi connectivity index (χ1v) is 11.3. The number of pyridine rings is 1. The van der Waals surface area contributed by atoms with Gasteiger partial charge in [-0.3, -0.25) is 0 Å². The van der Waals surface area contributed by atoms with Crippen molar-refractivity contribution in [2.75, 3.05) is 5.32 Å². The van der Waals surface area contributed by atoms with Crippen LogP contribution < -0.4 is 5.32 Å². The molecule has 0 saturated carbocycles. The van der Waals surface area contributed by atoms with Crippen LogP contribution in [0.4, 0.5) is 10.2 Å². The third-order valence-electron chi connectivity index (χ3n) is 5.69. The van der Waals surface area contributed by atoms with E-state index in [0.29, 0.717) is 17.0 Å². The number of nitrogens with one attached hydrogen (secondary N) is 1. The molecule has 0 saturated heterocycles. The van der Waals surface area contributed by atoms with Crippen LogP contribution in [0.1, 0.15) is 49.9 Å². The summed E-state index contributed by atoms with van der Waals surface area (Å²) in [5.41, 5.74) is 7.75. The fourth-order valence-corrected chi connectivity index (χ4v) is 4.47. The topological polar surface area (TPSA) is 24.9 Å². The van der Waals surface area contributed by atoms with Crippen molar-refractivity contribution in [1.29, 1.82) is 0 Å². The number of nitrogens with zero attached hydrogens (tertiary/aromatic N) is 1. The summed E-state index contributed by atoms with van der Waals surface area (Å²) in [6.45, 7) is 14.5. The Kier molecular flexibility index (Phi) is 7.06. The third kappa shape index (κ3) is 4.93. The number of aromatic nitrogens is 1. The lowest BCUT2D eigenvalue weighted by atomic mass is 9.87. The first kappa shape index (κ1) is 23.3. The molecule has 0 unspecified atom stereocenters. The van der Waals surface area contributed by atoms with Crippen molar-refractivity contribution in [3.63, 3.8) is 0 Å². The molecular formula is C27H32ClFN2. The van der Waals surface area contributed by atoms with E-state index in [4.69, 9.17) is 11.6 Å². The summed E-state index contributed by atoms with van der Waals surface area (Å²) in [6, 6.07) is 9.91. The van der Waals surface area contributed by atoms with E-state index in [1.165, 1.54) is 0 Å². The molecule has 0 aliphatic rings. The van der Waals surface area contributed by atoms with E-state index in [2.05, 4.69) is 51.8 Å². The zero-order valence-electron chi connectivity index (χ0n) is 19.5. The van der Waals surface area contributed by atoms with Gasteiger partial charge in [0.2, 0.25) is 0 Å². The van der Waals surface area contributed by atoms with Crippen molar-refractivity contribution < 1.29 is 4.39 Å². The molecule has 3 rings (SSSR count). The first-order chi connectivity index (χ1) is 14.6. The van der Waals surface area contributed by atoms with E-state index < -0.39 is 0 Å². The average Bonchev–Trinajstić information content (AvgIpc) is 2.69. The molecule has 2 nitrogen and oxygen atoms in total. The summed E-state index contributed by atoms with van der Waals surface area (Å²) in [7, 11) is 0. The molecular weight excluding hydrogens is 407 g/mol. The van der Waals surface area contributed by atoms with Gasteiger partial charge in [0, 0.05) is 23.4 Å². The highest BCUT2D eigenvalue weighted by molar-refractivity contribution is 6.35. The van der Waals surface area contributed by atoms with E-state index in [1.807, 2.05) is 37.4 Å². The maximum absolute atomic E-state index is 14.8. The first-order valence-electron chi connectivity index (χ1n) is 10.9. The van der Waals surface area contributed by atoms with Gasteiger partial charge in [0.05, 0.1) is 5.02 Å². The molecule has 0 bridgehead atoms. The Bertz CT molecular complexity index is 1060. The maximum Gasteiger partial charge on any atom is 0.127 e. The Hall–Kier alpha value is -2.39. The molecule has 0 atom stereocenters. The highest BCUT2D eigenvalue weighted by Gasteiger charge is 2.20. The van der Waals surface area contributed by atoms with E-state index in [0.717, 1.165) is 56.7 Å². The van der Waals surface area contributed by atoms with Crippen LogP contribution in [-0.4, -0.2) is 11.0 Å². The Labute approximate surface area is 190 Å². The summed E-state index contributed by atoms with van der Waals surface area (Å²) in [5, 5.41) is 4.00. The molecule has 2 aromatic carbocycles. The van der Waals surface area contributed by atoms with E-state index >= 15 is 0 Å². The molecule has 0 aliphatic carbocycles. The van der Waals surface area contributed by atoms with Gasteiger partial charge in [-0.25, -0.2) is 9.37 Å². The highest BCUT2D eigenvalue weighted by atomic mass is 35.5. The molecule has 0 aliphatic heterocycles. The number of hydrogen-bond donors (Lipinski definition) is 1. The van der Waals surface area contributed by atoms with Gasteiger partial charge in [0.15, 0.2) is 0 Å². The summed E-state index contributed by atoms with van der Waals surface area (Å²) in [5.74, 6) is 1.10. The molecule has 3 aromatic rings. The van der Waals surface area contributed by atoms with Crippen LogP contribution in [0.3, 0.4) is 0 Å². The molecule has 164 valence electrons. The minimum Gasteiger partial charge on any atom is -0.368 e. The second-order valence-corrected chi connectivity index (χ2v) is 9.45. The van der Waals surface area contributed by atoms with Crippen LogP contribution >= 0.6 is 11.6 Å². The second-order valence-electron chi connectivity index (χ2n) is 9.07. The van der Waals surface area contributed by atoms with Crippen LogP contribution in [0.25, 0.3) is 22.3 Å². The van der Waals surface area contributed by atoms with Gasteiger partial charge in [0.1, 0.15) is 11.6 Å². The molecule has 0 fully saturated rings. The molecule has 1 aromatic heterocycles. The van der Waals surface area contributed by atoms with Gasteiger partial charge in [-0.1, -0.05) is 37.6 Å². The van der Waals surface area contributed by atoms with Crippen molar-refractivity contribution in [3.05, 3.63) is 69.6 Å². The van der Waals surface area contributed by atoms with Gasteiger partial charge in [-0.2, -0.15) is 0 Å². The Balaban J connectivity index is 2.08. The predicted molar refractivity (Wildman–Crippen MR) is 132 cm³/mol. The minimum absolute atomic E-state index is 0.153. The number of halogens is 2. The van der Waals surface area contributed by atoms with Crippen molar-refractivity contribution in [1.82, 2.24) is 4.98 Å². The number of anilines is 1. The lowest BCUT2D eigenvalue weighted by molar-refractivity contribution is 0.574. The molecule has 0 spiro atoms. The van der Waals surface area contributed by atoms with E-state index in [-0.39, 0.29) is 5.82 Å². The van der Waals surface area contributed by atoms with Crippen molar-refractivity contribution in [2.45, 2.75) is 60.9 Å². The van der Waals surface area contributed by atoms with Gasteiger partial charge < -0.3 is 5.32 Å². The normalized spacial score (nSPS) is 11.5. The van der Waals surface area contributed by atoms with Gasteiger partial charge in [-0.15, -0.1) is 0 Å². The van der Waals surface area contributed by atoms with Gasteiger partial charge in [-0.05, 0) is 98.5 Å². The molecule has 0 amide bonds. The molecule has 1 heterocycles. The zero-order chi connectivity index (χ0) is 22.9. The van der Waals surface area contributed by atoms with Crippen LogP contribution in [0.15, 0.2) is 36.5 Å². The summed E-state index contributed by atoms with van der Waals surface area (Å²) >= 11 is 6.89. The lowest BCUT2D eigenvalue weighted by Crippen LogP contribution is -2.10. The highest BCUT2D eigenvalue weighted by Crippen LogP contribution is 2.42. The quantitative estimate of drug-likeness (QED) is 0.420. The van der Waals surface area contributed by atoms with Crippen molar-refractivity contribution >= 4 is 17.4 Å². The van der Waals surface area contributed by atoms with Crippen molar-refractivity contribution in [2.24, 2.45) is 5.92 Å². The third-order valence-corrected chi connectivity index (χ3v) is 6.17. The van der Waals surface area contributed by atoms with Crippen LogP contribution in [-0.2, 0) is 6.42 Å². The molecule has 0 radical (unpaired) electrons. The molecule has 31 heavy (non-hydrogen) atoms. The zero-order valence-corrected chi connectivity index (χ0v) is 20.3. The van der Waals surface area contributed by atoms with E-state index in [1.54, 1.807) is 6.07 Å². The van der Waals surface area contributed by atoms with Crippen LogP contribution in [0, 0.1) is 32.5 Å². The monoisotopic (exact) mass is 438 g/mol. The number of hydrogen-bond acceptors (Lipinski definition) is 2. The average molecular weight is 439 g/mol. The summed E-state index contributed by atoms with van der Waals surface area (Å²) in [4.78, 5) is 4.54. The van der Waals surface area contributed by atoms with Gasteiger partial charge in [0.25, 0.3) is 0 Å². The lowest BCUT2D eigenvalue weighted by Gasteiger charge is -2.20. The fourth-order valence-electron chi connectivity index (χ4n) is 4.13. The minimum atomic E-state index is -0.153. The Morgan fingerprint density at radius 3 is 2.10 bits per heavy atom. The second kappa shape index (κ2) is 9.40. The Morgan fingerprint density at radius 2 is 1.55 bits per heavy atom. The van der Waals surface area contributed by atoms with Crippen LogP contribution in [0.2, 0.25) is 5.02 Å². The fraction of sp³-hybridized carbons (Fsp3) is 0.370. The van der Waals surface area contributed by atoms with Crippen LogP contribution in [0.5, 0.6) is 0 Å². The maximum atomic E-state index is 14.8. The summed E-state index contributed by atoms with van der Waals surface area (Å²) in [6.07, 6.45) is 2.59. The Morgan fingerprint density at radius 1 is 0.903 bits per heavy atom. The standard InChI is InChI=1S/C27H32ClFN2/c1-15(2)12-20-8-9-21(13-23(20)29)25-17(5)18(6)26(27(28)19(25)7)22-10-11-24(30-14-22)31-16(3)4/h8-11,13-16H,12H2,1-7H3,(H,30,31). The van der Waals surface area contributed by atoms with Crippen molar-refractivity contribution in [3.8, 4) is 22.3 Å². The smallest absolute Gasteiger partial charge is 0.127 e. The summed E-state index contributed by atoms with van der Waals surface area (Å²) < 4.78 is 14.8.